The van der Waals surface area contributed by atoms with Crippen molar-refractivity contribution in [2.75, 3.05) is 86.3 Å². The predicted molar refractivity (Wildman–Crippen MR) is 297 cm³/mol. The maximum atomic E-state index is 15.9. The van der Waals surface area contributed by atoms with E-state index in [4.69, 9.17) is 21.1 Å². The lowest BCUT2D eigenvalue weighted by Crippen LogP contribution is -2.54. The van der Waals surface area contributed by atoms with Gasteiger partial charge < -0.3 is 36.5 Å². The fourth-order valence-corrected chi connectivity index (χ4v) is 11.3. The van der Waals surface area contributed by atoms with Crippen molar-refractivity contribution < 1.29 is 32.8 Å². The van der Waals surface area contributed by atoms with Gasteiger partial charge in [0.1, 0.15) is 34.7 Å². The molecule has 5 amide bonds. The first-order valence-corrected chi connectivity index (χ1v) is 26.9. The standard InChI is InChI=1S/C58H59F2N15O5/c1-35-67-47-9-8-45(39-13-18-63-49(62)28-39)68-54(47)74(35)41-29-43(59)53(44(60)30-41)72-26-24-70(25-27-72)19-3-4-36-7-11-50(66-32-36)71-20-14-38(15-21-71)56(78)73-22-16-40(17-23-73)64-33-37(31-61)34-65-46-6-2-5-42-52(46)58(80)75(57(42)79)48-10-12-51(76)69-55(48)77/h2,5-9,11,13,18,28-33,38,40,48,61,64-65H,10,12,14-17,19-27,34H2,1H3,(H2,62,63)(H,69,76,77)/b37-33+,61-31?. The van der Waals surface area contributed by atoms with Crippen LogP contribution in [0.25, 0.3) is 28.1 Å². The third-order valence-electron chi connectivity index (χ3n) is 15.6. The number of carbonyl (C=O) groups is 5. The second-order valence-corrected chi connectivity index (χ2v) is 20.7. The molecule has 0 saturated carbocycles. The van der Waals surface area contributed by atoms with Crippen LogP contribution in [0.3, 0.4) is 0 Å². The zero-order valence-corrected chi connectivity index (χ0v) is 44.1. The monoisotopic (exact) mass is 1080 g/mol. The number of amides is 5. The third kappa shape index (κ3) is 10.9. The highest BCUT2D eigenvalue weighted by Gasteiger charge is 2.45. The number of imidazole rings is 1. The van der Waals surface area contributed by atoms with Crippen molar-refractivity contribution in [1.82, 2.24) is 49.8 Å². The summed E-state index contributed by atoms with van der Waals surface area (Å²) in [5.41, 5.74) is 10.7. The van der Waals surface area contributed by atoms with E-state index in [1.807, 2.05) is 29.2 Å². The van der Waals surface area contributed by atoms with Gasteiger partial charge in [-0.2, -0.15) is 0 Å². The number of nitrogens with zero attached hydrogens (tertiary/aromatic N) is 10. The minimum absolute atomic E-state index is 0.0308. The highest BCUT2D eigenvalue weighted by atomic mass is 19.1. The molecule has 1 atom stereocenters. The first-order valence-electron chi connectivity index (χ1n) is 26.9. The lowest BCUT2D eigenvalue weighted by Gasteiger charge is -2.37. The Bertz CT molecular complexity index is 3510. The number of halogens is 2. The number of carbonyl (C=O) groups excluding carboxylic acids is 5. The molecule has 20 nitrogen and oxygen atoms in total. The van der Waals surface area contributed by atoms with Crippen molar-refractivity contribution in [3.8, 4) is 28.8 Å². The van der Waals surface area contributed by atoms with E-state index < -0.39 is 41.3 Å². The first kappa shape index (κ1) is 52.9. The normalized spacial score (nSPS) is 18.5. The van der Waals surface area contributed by atoms with Crippen LogP contribution in [0, 0.1) is 41.7 Å². The van der Waals surface area contributed by atoms with E-state index in [-0.39, 0.29) is 59.8 Å². The van der Waals surface area contributed by atoms with Gasteiger partial charge in [0.15, 0.2) is 17.3 Å². The first-order chi connectivity index (χ1) is 38.8. The average Bonchev–Trinajstić information content (AvgIpc) is 4.17. The molecule has 4 saturated heterocycles. The van der Waals surface area contributed by atoms with Gasteiger partial charge in [0, 0.05) is 137 Å². The number of imide groups is 2. The van der Waals surface area contributed by atoms with Crippen LogP contribution < -0.4 is 31.5 Å². The second-order valence-electron chi connectivity index (χ2n) is 20.7. The molecule has 5 aliphatic heterocycles. The summed E-state index contributed by atoms with van der Waals surface area (Å²) < 4.78 is 33.4. The number of anilines is 4. The minimum atomic E-state index is -1.07. The molecule has 11 rings (SSSR count). The van der Waals surface area contributed by atoms with Crippen molar-refractivity contribution in [3.05, 3.63) is 125 Å². The van der Waals surface area contributed by atoms with Gasteiger partial charge in [-0.1, -0.05) is 17.9 Å². The van der Waals surface area contributed by atoms with Crippen LogP contribution in [0.5, 0.6) is 0 Å². The number of hydrogen-bond donors (Lipinski definition) is 5. The zero-order chi connectivity index (χ0) is 55.6. The van der Waals surface area contributed by atoms with E-state index in [9.17, 15) is 24.0 Å². The number of aryl methyl sites for hydroxylation is 1. The van der Waals surface area contributed by atoms with Gasteiger partial charge in [-0.15, -0.1) is 0 Å². The van der Waals surface area contributed by atoms with Crippen LogP contribution in [-0.2, 0) is 14.4 Å². The highest BCUT2D eigenvalue weighted by Crippen LogP contribution is 2.34. The summed E-state index contributed by atoms with van der Waals surface area (Å²) >= 11 is 0. The number of hydrogen-bond acceptors (Lipinski definition) is 16. The molecular weight excluding hydrogens is 1020 g/mol. The van der Waals surface area contributed by atoms with Crippen molar-refractivity contribution in [2.45, 2.75) is 57.5 Å². The molecule has 0 bridgehead atoms. The number of aromatic nitrogens is 5. The molecule has 0 aliphatic carbocycles. The molecule has 4 aromatic heterocycles. The summed E-state index contributed by atoms with van der Waals surface area (Å²) in [5, 5.41) is 16.8. The van der Waals surface area contributed by atoms with E-state index in [1.54, 1.807) is 59.2 Å². The lowest BCUT2D eigenvalue weighted by molar-refractivity contribution is -0.138. The van der Waals surface area contributed by atoms with Crippen LogP contribution >= 0.6 is 0 Å². The van der Waals surface area contributed by atoms with Gasteiger partial charge >= 0.3 is 0 Å². The average molecular weight is 1080 g/mol. The van der Waals surface area contributed by atoms with Crippen molar-refractivity contribution >= 4 is 69.9 Å². The number of piperidine rings is 3. The topological polar surface area (TPSA) is 244 Å². The molecule has 22 heteroatoms. The van der Waals surface area contributed by atoms with Crippen LogP contribution in [0.4, 0.5) is 31.8 Å². The Hall–Kier alpha value is -9.10. The summed E-state index contributed by atoms with van der Waals surface area (Å²) in [6, 6.07) is 17.6. The van der Waals surface area contributed by atoms with Crippen molar-refractivity contribution in [2.24, 2.45) is 5.92 Å². The van der Waals surface area contributed by atoms with Gasteiger partial charge in [-0.25, -0.2) is 28.7 Å². The molecule has 1 unspecified atom stereocenters. The maximum absolute atomic E-state index is 15.9. The van der Waals surface area contributed by atoms with E-state index >= 15 is 8.78 Å². The van der Waals surface area contributed by atoms with Crippen LogP contribution in [0.1, 0.15) is 70.6 Å². The van der Waals surface area contributed by atoms with Gasteiger partial charge in [-0.3, -0.25) is 43.7 Å². The van der Waals surface area contributed by atoms with Crippen molar-refractivity contribution in [1.29, 1.82) is 5.41 Å². The number of pyridine rings is 3. The summed E-state index contributed by atoms with van der Waals surface area (Å²) in [6.07, 6.45) is 9.37. The molecule has 4 fully saturated rings. The summed E-state index contributed by atoms with van der Waals surface area (Å²) in [7, 11) is 0. The van der Waals surface area contributed by atoms with Gasteiger partial charge in [-0.05, 0) is 87.6 Å². The number of nitrogens with two attached hydrogens (primary N) is 1. The van der Waals surface area contributed by atoms with Crippen LogP contribution in [0.15, 0.2) is 90.9 Å². The van der Waals surface area contributed by atoms with E-state index in [1.165, 1.54) is 24.4 Å². The van der Waals surface area contributed by atoms with Gasteiger partial charge in [0.2, 0.25) is 17.7 Å². The van der Waals surface area contributed by atoms with E-state index in [2.05, 4.69) is 47.6 Å². The van der Waals surface area contributed by atoms with Gasteiger partial charge in [0.25, 0.3) is 11.8 Å². The number of nitrogens with one attached hydrogen (secondary N) is 4. The molecule has 80 heavy (non-hydrogen) atoms. The Morgan fingerprint density at radius 3 is 2.35 bits per heavy atom. The second kappa shape index (κ2) is 22.7. The zero-order valence-electron chi connectivity index (χ0n) is 44.1. The summed E-state index contributed by atoms with van der Waals surface area (Å²) in [6.45, 7) is 7.12. The van der Waals surface area contributed by atoms with E-state index in [0.717, 1.165) is 47.5 Å². The molecule has 410 valence electrons. The third-order valence-corrected chi connectivity index (χ3v) is 15.6. The number of likely N-dealkylation sites (tertiary alicyclic amines) is 1. The fraction of sp³-hybridized carbons (Fsp3) is 0.345. The number of nitrogen functional groups attached to an aromatic ring is 1. The Labute approximate surface area is 459 Å². The van der Waals surface area contributed by atoms with Crippen molar-refractivity contribution in [3.63, 3.8) is 0 Å². The fourth-order valence-electron chi connectivity index (χ4n) is 11.3. The molecule has 6 N–H and O–H groups in total. The Morgan fingerprint density at radius 2 is 1.64 bits per heavy atom. The number of piperazine rings is 1. The molecule has 2 aromatic carbocycles. The van der Waals surface area contributed by atoms with E-state index in [0.29, 0.717) is 98.7 Å². The van der Waals surface area contributed by atoms with Crippen LogP contribution in [0.2, 0.25) is 0 Å². The number of benzene rings is 2. The number of fused-ring (bicyclic) bond motifs is 2. The molecule has 9 heterocycles. The lowest BCUT2D eigenvalue weighted by atomic mass is 9.93. The highest BCUT2D eigenvalue weighted by molar-refractivity contribution is 6.25. The Morgan fingerprint density at radius 1 is 0.863 bits per heavy atom. The molecule has 0 spiro atoms. The minimum Gasteiger partial charge on any atom is -0.388 e. The molecular formula is C58H59F2N15O5. The molecule has 0 radical (unpaired) electrons. The smallest absolute Gasteiger partial charge is 0.264 e. The summed E-state index contributed by atoms with van der Waals surface area (Å²) in [4.78, 5) is 91.8. The maximum Gasteiger partial charge on any atom is 0.264 e. The quantitative estimate of drug-likeness (QED) is 0.0577. The molecule has 6 aromatic rings. The summed E-state index contributed by atoms with van der Waals surface area (Å²) in [5.74, 6) is 4.65. The largest absolute Gasteiger partial charge is 0.388 e. The Kier molecular flexibility index (Phi) is 15.0. The molecule has 5 aliphatic rings. The Balaban J connectivity index is 0.606. The van der Waals surface area contributed by atoms with Crippen LogP contribution in [-0.4, -0.2) is 152 Å². The van der Waals surface area contributed by atoms with Gasteiger partial charge in [0.05, 0.1) is 29.1 Å². The number of rotatable bonds is 13. The predicted octanol–water partition coefficient (Wildman–Crippen LogP) is 5.06. The SMILES string of the molecule is Cc1nc2ccc(-c3ccnc(N)c3)nc2n1-c1cc(F)c(N2CCN(CC#Cc3ccc(N4CCC(C(=O)N5CCC(N/C=C(\C=N)CNc6cccc7c6C(=O)N(C6CCC(=O)NC6=O)C7=O)CC5)CC4)nc3)CC2)c(F)c1.